The third-order valence-corrected chi connectivity index (χ3v) is 5.03. The maximum atomic E-state index is 6.04. The van der Waals surface area contributed by atoms with Crippen molar-refractivity contribution in [3.05, 3.63) is 72.3 Å². The number of hydrogen-bond donors (Lipinski definition) is 0. The summed E-state index contributed by atoms with van der Waals surface area (Å²) in [6.07, 6.45) is 0. The molecular weight excluding hydrogens is 392 g/mol. The molecule has 0 spiro atoms. The van der Waals surface area contributed by atoms with Gasteiger partial charge in [-0.2, -0.15) is 0 Å². The average molecular weight is 431 g/mol. The Balaban J connectivity index is 2.09. The van der Waals surface area contributed by atoms with Gasteiger partial charge in [0.05, 0.1) is 0 Å². The largest absolute Gasteiger partial charge is 0.488 e. The quantitative estimate of drug-likeness (QED) is 0.412. The van der Waals surface area contributed by atoms with Crippen LogP contribution in [0.4, 0.5) is 0 Å². The summed E-state index contributed by atoms with van der Waals surface area (Å²) in [5.41, 5.74) is 5.79. The maximum absolute atomic E-state index is 6.04. The highest BCUT2D eigenvalue weighted by Crippen LogP contribution is 2.41. The minimum atomic E-state index is -0.215. The lowest BCUT2D eigenvalue weighted by Gasteiger charge is -2.26. The standard InChI is InChI=1S/C30H38O2/c1-28(2,3)26-12-10-11-25(21-13-17-23(18-14-21)31-29(4,5)6)27(26)22-15-19-24(20-16-22)32-30(7,8)9/h10-20H,1-9H3. The Kier molecular flexibility index (Phi) is 6.47. The molecule has 0 heterocycles. The van der Waals surface area contributed by atoms with Crippen molar-refractivity contribution < 1.29 is 9.47 Å². The Labute approximate surface area is 194 Å². The second-order valence-electron chi connectivity index (χ2n) is 11.5. The van der Waals surface area contributed by atoms with Crippen molar-refractivity contribution in [3.63, 3.8) is 0 Å². The van der Waals surface area contributed by atoms with Crippen LogP contribution in [0.15, 0.2) is 66.7 Å². The first-order chi connectivity index (χ1) is 14.7. The van der Waals surface area contributed by atoms with E-state index in [2.05, 4.69) is 129 Å². The summed E-state index contributed by atoms with van der Waals surface area (Å²) in [6.45, 7) is 19.2. The second-order valence-corrected chi connectivity index (χ2v) is 11.5. The van der Waals surface area contributed by atoms with E-state index in [0.717, 1.165) is 11.5 Å². The van der Waals surface area contributed by atoms with Crippen LogP contribution in [0.1, 0.15) is 67.9 Å². The zero-order chi connectivity index (χ0) is 23.7. The van der Waals surface area contributed by atoms with Crippen molar-refractivity contribution in [1.29, 1.82) is 0 Å². The molecule has 0 aliphatic rings. The van der Waals surface area contributed by atoms with E-state index in [9.17, 15) is 0 Å². The molecule has 0 unspecified atom stereocenters. The van der Waals surface area contributed by atoms with Gasteiger partial charge in [-0.25, -0.2) is 0 Å². The van der Waals surface area contributed by atoms with Gasteiger partial charge in [0.25, 0.3) is 0 Å². The van der Waals surface area contributed by atoms with Crippen LogP contribution in [-0.2, 0) is 5.41 Å². The predicted molar refractivity (Wildman–Crippen MR) is 137 cm³/mol. The van der Waals surface area contributed by atoms with Crippen LogP contribution in [0.3, 0.4) is 0 Å². The van der Waals surface area contributed by atoms with E-state index in [1.165, 1.54) is 27.8 Å². The minimum Gasteiger partial charge on any atom is -0.488 e. The van der Waals surface area contributed by atoms with Gasteiger partial charge in [-0.05, 0) is 99.0 Å². The van der Waals surface area contributed by atoms with Crippen molar-refractivity contribution in [3.8, 4) is 33.8 Å². The van der Waals surface area contributed by atoms with Crippen molar-refractivity contribution in [2.24, 2.45) is 0 Å². The molecule has 0 aliphatic carbocycles. The molecule has 0 N–H and O–H groups in total. The molecule has 3 aromatic carbocycles. The summed E-state index contributed by atoms with van der Waals surface area (Å²) in [6, 6.07) is 23.6. The highest BCUT2D eigenvalue weighted by molar-refractivity contribution is 5.86. The number of benzene rings is 3. The van der Waals surface area contributed by atoms with Crippen LogP contribution < -0.4 is 9.47 Å². The lowest BCUT2D eigenvalue weighted by molar-refractivity contribution is 0.130. The van der Waals surface area contributed by atoms with Gasteiger partial charge in [-0.3, -0.25) is 0 Å². The Hall–Kier alpha value is -2.74. The highest BCUT2D eigenvalue weighted by atomic mass is 16.5. The van der Waals surface area contributed by atoms with Crippen molar-refractivity contribution in [1.82, 2.24) is 0 Å². The molecule has 0 amide bonds. The maximum Gasteiger partial charge on any atom is 0.120 e. The SMILES string of the molecule is CC(C)(C)Oc1ccc(-c2cccc(C(C)(C)C)c2-c2ccc(OC(C)(C)C)cc2)cc1. The zero-order valence-corrected chi connectivity index (χ0v) is 21.2. The fourth-order valence-electron chi connectivity index (χ4n) is 3.83. The first-order valence-electron chi connectivity index (χ1n) is 11.5. The molecule has 0 radical (unpaired) electrons. The average Bonchev–Trinajstić information content (AvgIpc) is 2.65. The van der Waals surface area contributed by atoms with Gasteiger partial charge in [0.1, 0.15) is 22.7 Å². The Morgan fingerprint density at radius 2 is 0.938 bits per heavy atom. The zero-order valence-electron chi connectivity index (χ0n) is 21.2. The van der Waals surface area contributed by atoms with Crippen LogP contribution in [-0.4, -0.2) is 11.2 Å². The van der Waals surface area contributed by atoms with E-state index in [-0.39, 0.29) is 16.6 Å². The van der Waals surface area contributed by atoms with Crippen LogP contribution in [0, 0.1) is 0 Å². The summed E-state index contributed by atoms with van der Waals surface area (Å²) in [5, 5.41) is 0. The second kappa shape index (κ2) is 8.65. The molecule has 0 atom stereocenters. The van der Waals surface area contributed by atoms with Crippen LogP contribution >= 0.6 is 0 Å². The summed E-state index contributed by atoms with van der Waals surface area (Å²) >= 11 is 0. The summed E-state index contributed by atoms with van der Waals surface area (Å²) in [7, 11) is 0. The Morgan fingerprint density at radius 1 is 0.500 bits per heavy atom. The molecule has 170 valence electrons. The monoisotopic (exact) mass is 430 g/mol. The molecule has 2 heteroatoms. The molecule has 0 bridgehead atoms. The molecule has 3 aromatic rings. The van der Waals surface area contributed by atoms with Crippen LogP contribution in [0.25, 0.3) is 22.3 Å². The molecule has 3 rings (SSSR count). The molecule has 32 heavy (non-hydrogen) atoms. The molecule has 0 aromatic heterocycles. The fourth-order valence-corrected chi connectivity index (χ4v) is 3.83. The van der Waals surface area contributed by atoms with Crippen molar-refractivity contribution in [2.45, 2.75) is 78.9 Å². The van der Waals surface area contributed by atoms with E-state index < -0.39 is 0 Å². The Bertz CT molecular complexity index is 1040. The third kappa shape index (κ3) is 6.16. The van der Waals surface area contributed by atoms with E-state index in [0.29, 0.717) is 0 Å². The minimum absolute atomic E-state index is 0.0151. The van der Waals surface area contributed by atoms with Gasteiger partial charge < -0.3 is 9.47 Å². The van der Waals surface area contributed by atoms with Crippen molar-refractivity contribution >= 4 is 0 Å². The van der Waals surface area contributed by atoms with E-state index in [4.69, 9.17) is 9.47 Å². The molecule has 0 fully saturated rings. The van der Waals surface area contributed by atoms with Gasteiger partial charge >= 0.3 is 0 Å². The van der Waals surface area contributed by atoms with Gasteiger partial charge in [0.2, 0.25) is 0 Å². The van der Waals surface area contributed by atoms with E-state index in [1.54, 1.807) is 0 Å². The molecular formula is C30H38O2. The summed E-state index contributed by atoms with van der Waals surface area (Å²) < 4.78 is 12.1. The highest BCUT2D eigenvalue weighted by Gasteiger charge is 2.22. The lowest BCUT2D eigenvalue weighted by atomic mass is 9.79. The summed E-state index contributed by atoms with van der Waals surface area (Å²) in [5.74, 6) is 1.78. The van der Waals surface area contributed by atoms with E-state index >= 15 is 0 Å². The Morgan fingerprint density at radius 3 is 1.34 bits per heavy atom. The predicted octanol–water partition coefficient (Wildman–Crippen LogP) is 8.67. The van der Waals surface area contributed by atoms with Gasteiger partial charge in [-0.15, -0.1) is 0 Å². The van der Waals surface area contributed by atoms with Gasteiger partial charge in [0, 0.05) is 0 Å². The smallest absolute Gasteiger partial charge is 0.120 e. The first kappa shape index (κ1) is 23.9. The topological polar surface area (TPSA) is 18.5 Å². The third-order valence-electron chi connectivity index (χ3n) is 5.03. The fraction of sp³-hybridized carbons (Fsp3) is 0.400. The number of ether oxygens (including phenoxy) is 2. The lowest BCUT2D eigenvalue weighted by Crippen LogP contribution is -2.22. The van der Waals surface area contributed by atoms with Gasteiger partial charge in [0.15, 0.2) is 0 Å². The molecule has 0 saturated carbocycles. The normalized spacial score (nSPS) is 12.5. The first-order valence-corrected chi connectivity index (χ1v) is 11.5. The summed E-state index contributed by atoms with van der Waals surface area (Å²) in [4.78, 5) is 0. The van der Waals surface area contributed by atoms with Crippen LogP contribution in [0.2, 0.25) is 0 Å². The number of hydrogen-bond acceptors (Lipinski definition) is 2. The number of rotatable bonds is 4. The molecule has 2 nitrogen and oxygen atoms in total. The molecule has 0 saturated heterocycles. The van der Waals surface area contributed by atoms with Crippen molar-refractivity contribution in [2.75, 3.05) is 0 Å². The molecule has 0 aliphatic heterocycles. The van der Waals surface area contributed by atoms with Crippen LogP contribution in [0.5, 0.6) is 11.5 Å². The van der Waals surface area contributed by atoms with Gasteiger partial charge in [-0.1, -0.05) is 63.2 Å². The van der Waals surface area contributed by atoms with E-state index in [1.807, 2.05) is 0 Å².